The first-order valence-electron chi connectivity index (χ1n) is 5.13. The Morgan fingerprint density at radius 3 is 2.67 bits per heavy atom. The Balaban J connectivity index is 1.81. The first-order chi connectivity index (χ1) is 7.26. The third-order valence-corrected chi connectivity index (χ3v) is 5.75. The maximum Gasteiger partial charge on any atom is 0.0446 e. The average molecular weight is 306 g/mol. The normalized spacial score (nSPS) is 17.7. The summed E-state index contributed by atoms with van der Waals surface area (Å²) in [5, 5.41) is 2.05. The SMILES string of the molecule is Clc1ccccc1CSCC1(CBr)CC1. The van der Waals surface area contributed by atoms with Crippen molar-refractivity contribution < 1.29 is 0 Å². The summed E-state index contributed by atoms with van der Waals surface area (Å²) in [6.45, 7) is 0. The van der Waals surface area contributed by atoms with Gasteiger partial charge in [-0.2, -0.15) is 11.8 Å². The van der Waals surface area contributed by atoms with Crippen LogP contribution in [0.2, 0.25) is 5.02 Å². The van der Waals surface area contributed by atoms with E-state index in [1.165, 1.54) is 24.2 Å². The van der Waals surface area contributed by atoms with Crippen LogP contribution in [0.15, 0.2) is 24.3 Å². The van der Waals surface area contributed by atoms with Crippen molar-refractivity contribution in [2.75, 3.05) is 11.1 Å². The predicted molar refractivity (Wildman–Crippen MR) is 73.1 cm³/mol. The van der Waals surface area contributed by atoms with Crippen LogP contribution in [-0.2, 0) is 5.75 Å². The van der Waals surface area contributed by atoms with E-state index in [0.29, 0.717) is 5.41 Å². The molecule has 0 N–H and O–H groups in total. The van der Waals surface area contributed by atoms with Crippen molar-refractivity contribution in [2.24, 2.45) is 5.41 Å². The number of hydrogen-bond acceptors (Lipinski definition) is 1. The van der Waals surface area contributed by atoms with Gasteiger partial charge in [0.15, 0.2) is 0 Å². The molecule has 3 heteroatoms. The molecule has 1 saturated carbocycles. The fourth-order valence-electron chi connectivity index (χ4n) is 1.49. The van der Waals surface area contributed by atoms with Gasteiger partial charge in [-0.15, -0.1) is 0 Å². The minimum atomic E-state index is 0.603. The van der Waals surface area contributed by atoms with Crippen LogP contribution < -0.4 is 0 Å². The van der Waals surface area contributed by atoms with Crippen LogP contribution in [0.1, 0.15) is 18.4 Å². The summed E-state index contributed by atoms with van der Waals surface area (Å²) >= 11 is 11.7. The quantitative estimate of drug-likeness (QED) is 0.708. The molecule has 0 spiro atoms. The summed E-state index contributed by atoms with van der Waals surface area (Å²) in [5.41, 5.74) is 1.86. The van der Waals surface area contributed by atoms with Crippen LogP contribution in [0, 0.1) is 5.41 Å². The van der Waals surface area contributed by atoms with Crippen LogP contribution in [0.4, 0.5) is 0 Å². The average Bonchev–Trinajstić information content (AvgIpc) is 3.02. The summed E-state index contributed by atoms with van der Waals surface area (Å²) in [7, 11) is 0. The highest BCUT2D eigenvalue weighted by atomic mass is 79.9. The van der Waals surface area contributed by atoms with Crippen LogP contribution >= 0.6 is 39.3 Å². The second kappa shape index (κ2) is 5.11. The van der Waals surface area contributed by atoms with Gasteiger partial charge in [-0.3, -0.25) is 0 Å². The molecule has 1 fully saturated rings. The van der Waals surface area contributed by atoms with Gasteiger partial charge in [-0.05, 0) is 29.9 Å². The van der Waals surface area contributed by atoms with Crippen LogP contribution in [0.25, 0.3) is 0 Å². The van der Waals surface area contributed by atoms with E-state index in [-0.39, 0.29) is 0 Å². The molecule has 1 aromatic rings. The van der Waals surface area contributed by atoms with Crippen molar-refractivity contribution in [1.29, 1.82) is 0 Å². The molecule has 0 nitrogen and oxygen atoms in total. The minimum Gasteiger partial charge on any atom is -0.157 e. The maximum atomic E-state index is 6.10. The Labute approximate surface area is 109 Å². The number of thioether (sulfide) groups is 1. The molecule has 0 heterocycles. The summed E-state index contributed by atoms with van der Waals surface area (Å²) < 4.78 is 0. The highest BCUT2D eigenvalue weighted by Gasteiger charge is 2.40. The van der Waals surface area contributed by atoms with Gasteiger partial charge < -0.3 is 0 Å². The molecule has 1 aliphatic carbocycles. The van der Waals surface area contributed by atoms with E-state index in [0.717, 1.165) is 16.1 Å². The molecular formula is C12H14BrClS. The zero-order valence-corrected chi connectivity index (χ0v) is 11.7. The highest BCUT2D eigenvalue weighted by molar-refractivity contribution is 9.09. The lowest BCUT2D eigenvalue weighted by molar-refractivity contribution is 0.686. The third kappa shape index (κ3) is 3.15. The van der Waals surface area contributed by atoms with E-state index >= 15 is 0 Å². The number of alkyl halides is 1. The molecule has 0 aliphatic heterocycles. The van der Waals surface area contributed by atoms with Crippen molar-refractivity contribution in [3.63, 3.8) is 0 Å². The predicted octanol–water partition coefficient (Wildman–Crippen LogP) is 4.75. The lowest BCUT2D eigenvalue weighted by Gasteiger charge is -2.10. The smallest absolute Gasteiger partial charge is 0.0446 e. The van der Waals surface area contributed by atoms with Crippen LogP contribution in [0.3, 0.4) is 0 Å². The van der Waals surface area contributed by atoms with Gasteiger partial charge in [0, 0.05) is 21.9 Å². The molecule has 0 aromatic heterocycles. The largest absolute Gasteiger partial charge is 0.157 e. The highest BCUT2D eigenvalue weighted by Crippen LogP contribution is 2.49. The van der Waals surface area contributed by atoms with Crippen molar-refractivity contribution in [3.05, 3.63) is 34.9 Å². The number of halogens is 2. The third-order valence-electron chi connectivity index (χ3n) is 2.86. The zero-order chi connectivity index (χ0) is 10.7. The zero-order valence-electron chi connectivity index (χ0n) is 8.51. The summed E-state index contributed by atoms with van der Waals surface area (Å²) in [5.74, 6) is 2.29. The lowest BCUT2D eigenvalue weighted by Crippen LogP contribution is -2.05. The number of hydrogen-bond donors (Lipinski definition) is 0. The molecule has 15 heavy (non-hydrogen) atoms. The molecule has 2 rings (SSSR count). The first-order valence-corrected chi connectivity index (χ1v) is 7.78. The van der Waals surface area contributed by atoms with E-state index in [2.05, 4.69) is 28.1 Å². The molecule has 0 amide bonds. The van der Waals surface area contributed by atoms with Gasteiger partial charge in [-0.25, -0.2) is 0 Å². The molecule has 0 unspecified atom stereocenters. The van der Waals surface area contributed by atoms with Crippen LogP contribution in [-0.4, -0.2) is 11.1 Å². The Hall–Kier alpha value is 0.340. The van der Waals surface area contributed by atoms with Gasteiger partial charge in [-0.1, -0.05) is 45.7 Å². The van der Waals surface area contributed by atoms with Crippen molar-refractivity contribution >= 4 is 39.3 Å². The van der Waals surface area contributed by atoms with Crippen molar-refractivity contribution in [2.45, 2.75) is 18.6 Å². The molecule has 0 radical (unpaired) electrons. The van der Waals surface area contributed by atoms with E-state index in [1.807, 2.05) is 23.9 Å². The summed E-state index contributed by atoms with van der Waals surface area (Å²) in [6, 6.07) is 8.12. The van der Waals surface area contributed by atoms with Gasteiger partial charge in [0.2, 0.25) is 0 Å². The van der Waals surface area contributed by atoms with E-state index < -0.39 is 0 Å². The number of rotatable bonds is 5. The molecule has 0 atom stereocenters. The Bertz CT molecular complexity index is 336. The minimum absolute atomic E-state index is 0.603. The molecule has 82 valence electrons. The summed E-state index contributed by atoms with van der Waals surface area (Å²) in [4.78, 5) is 0. The first kappa shape index (κ1) is 11.8. The fraction of sp³-hybridized carbons (Fsp3) is 0.500. The molecule has 1 aromatic carbocycles. The van der Waals surface area contributed by atoms with Gasteiger partial charge in [0.05, 0.1) is 0 Å². The second-order valence-corrected chi connectivity index (χ2v) is 6.17. The van der Waals surface area contributed by atoms with Gasteiger partial charge in [0.1, 0.15) is 0 Å². The molecule has 1 aliphatic rings. The van der Waals surface area contributed by atoms with Crippen molar-refractivity contribution in [1.82, 2.24) is 0 Å². The molecule has 0 bridgehead atoms. The van der Waals surface area contributed by atoms with E-state index in [9.17, 15) is 0 Å². The topological polar surface area (TPSA) is 0 Å². The van der Waals surface area contributed by atoms with Crippen molar-refractivity contribution in [3.8, 4) is 0 Å². The maximum absolute atomic E-state index is 6.10. The molecular weight excluding hydrogens is 292 g/mol. The van der Waals surface area contributed by atoms with E-state index in [4.69, 9.17) is 11.6 Å². The number of benzene rings is 1. The monoisotopic (exact) mass is 304 g/mol. The van der Waals surface area contributed by atoms with E-state index in [1.54, 1.807) is 0 Å². The second-order valence-electron chi connectivity index (χ2n) is 4.22. The Morgan fingerprint density at radius 1 is 1.33 bits per heavy atom. The molecule has 0 saturated heterocycles. The standard InChI is InChI=1S/C12H14BrClS/c13-8-12(5-6-12)9-15-7-10-3-1-2-4-11(10)14/h1-4H,5-9H2. The van der Waals surface area contributed by atoms with Gasteiger partial charge >= 0.3 is 0 Å². The van der Waals surface area contributed by atoms with Gasteiger partial charge in [0.25, 0.3) is 0 Å². The fourth-order valence-corrected chi connectivity index (χ4v) is 4.19. The Morgan fingerprint density at radius 2 is 2.07 bits per heavy atom. The van der Waals surface area contributed by atoms with Crippen LogP contribution in [0.5, 0.6) is 0 Å². The summed E-state index contributed by atoms with van der Waals surface area (Å²) in [6.07, 6.45) is 2.77. The lowest BCUT2D eigenvalue weighted by atomic mass is 10.2. The Kier molecular flexibility index (Phi) is 4.03.